The summed E-state index contributed by atoms with van der Waals surface area (Å²) in [6.45, 7) is 4.90. The molecule has 2 aromatic carbocycles. The summed E-state index contributed by atoms with van der Waals surface area (Å²) in [6, 6.07) is 16.9. The number of rotatable bonds is 15. The van der Waals surface area contributed by atoms with E-state index in [1.807, 2.05) is 61.5 Å². The molecular formula is C36H46N4O4. The van der Waals surface area contributed by atoms with Gasteiger partial charge in [0, 0.05) is 25.5 Å². The van der Waals surface area contributed by atoms with Crippen molar-refractivity contribution in [2.45, 2.75) is 65.0 Å². The molecule has 0 spiro atoms. The Labute approximate surface area is 260 Å². The lowest BCUT2D eigenvalue weighted by molar-refractivity contribution is -0.125. The molecule has 44 heavy (non-hydrogen) atoms. The molecule has 2 unspecified atom stereocenters. The molecule has 3 amide bonds. The number of aliphatic hydroxyl groups is 1. The van der Waals surface area contributed by atoms with E-state index in [-0.39, 0.29) is 30.3 Å². The molecule has 0 saturated carbocycles. The molecular weight excluding hydrogens is 552 g/mol. The van der Waals surface area contributed by atoms with E-state index in [0.29, 0.717) is 24.5 Å². The summed E-state index contributed by atoms with van der Waals surface area (Å²) in [5.41, 5.74) is 3.28. The summed E-state index contributed by atoms with van der Waals surface area (Å²) in [4.78, 5) is 40.5. The number of amides is 3. The van der Waals surface area contributed by atoms with Gasteiger partial charge in [0.05, 0.1) is 29.6 Å². The number of nitrogens with zero attached hydrogens (tertiary/aromatic N) is 2. The highest BCUT2D eigenvalue weighted by Gasteiger charge is 2.28. The van der Waals surface area contributed by atoms with Gasteiger partial charge in [0.15, 0.2) is 0 Å². The second-order valence-corrected chi connectivity index (χ2v) is 11.4. The molecule has 3 aromatic rings. The van der Waals surface area contributed by atoms with Crippen LogP contribution in [0.4, 0.5) is 5.82 Å². The summed E-state index contributed by atoms with van der Waals surface area (Å²) in [7, 11) is 1.60. The molecule has 0 saturated heterocycles. The molecule has 3 N–H and O–H groups in total. The van der Waals surface area contributed by atoms with Gasteiger partial charge in [0.2, 0.25) is 12.3 Å². The lowest BCUT2D eigenvalue weighted by atomic mass is 9.90. The lowest BCUT2D eigenvalue weighted by Gasteiger charge is -2.23. The molecule has 8 heteroatoms. The second-order valence-electron chi connectivity index (χ2n) is 11.4. The van der Waals surface area contributed by atoms with Crippen molar-refractivity contribution in [1.29, 1.82) is 0 Å². The Morgan fingerprint density at radius 1 is 1.09 bits per heavy atom. The number of hydrogen-bond donors (Lipinski definition) is 3. The van der Waals surface area contributed by atoms with E-state index in [1.165, 1.54) is 0 Å². The van der Waals surface area contributed by atoms with E-state index in [2.05, 4.69) is 40.4 Å². The first-order valence-corrected chi connectivity index (χ1v) is 15.9. The van der Waals surface area contributed by atoms with Crippen LogP contribution >= 0.6 is 0 Å². The molecule has 1 aliphatic rings. The van der Waals surface area contributed by atoms with Gasteiger partial charge in [-0.1, -0.05) is 92.9 Å². The standard InChI is InChI=1S/C36H46N4O4/c1-4-6-8-18-29(34(43)38-31(24-41)28-15-9-7-10-16-28)27-17-13-14-26(21-22-27)23-40-32-20-12-11-19-30(32)33(35(44)37-3)36(40)39(5-2)25-42/h7,9-12,15-17,19-22,25-26,29,31,41H,4-6,8,13-14,18,23-24H2,1-3H3,(H,37,44)(H,38,43)/t26?,29?,31-/m0/s1. The van der Waals surface area contributed by atoms with Crippen LogP contribution in [-0.2, 0) is 16.1 Å². The average molecular weight is 599 g/mol. The third-order valence-electron chi connectivity index (χ3n) is 8.55. The first kappa shape index (κ1) is 32.7. The monoisotopic (exact) mass is 598 g/mol. The highest BCUT2D eigenvalue weighted by molar-refractivity contribution is 6.13. The molecule has 1 aliphatic carbocycles. The van der Waals surface area contributed by atoms with Gasteiger partial charge in [0.1, 0.15) is 5.82 Å². The molecule has 3 atom stereocenters. The molecule has 234 valence electrons. The molecule has 4 rings (SSSR count). The molecule has 0 fully saturated rings. The number of anilines is 1. The van der Waals surface area contributed by atoms with Crippen molar-refractivity contribution in [3.8, 4) is 0 Å². The lowest BCUT2D eigenvalue weighted by Crippen LogP contribution is -2.36. The minimum absolute atomic E-state index is 0.0724. The maximum Gasteiger partial charge on any atom is 0.255 e. The smallest absolute Gasteiger partial charge is 0.255 e. The van der Waals surface area contributed by atoms with Gasteiger partial charge < -0.3 is 25.2 Å². The summed E-state index contributed by atoms with van der Waals surface area (Å²) >= 11 is 0. The van der Waals surface area contributed by atoms with E-state index in [4.69, 9.17) is 0 Å². The summed E-state index contributed by atoms with van der Waals surface area (Å²) in [6.07, 6.45) is 12.7. The van der Waals surface area contributed by atoms with Crippen molar-refractivity contribution < 1.29 is 19.5 Å². The average Bonchev–Trinajstić information content (AvgIpc) is 3.19. The Morgan fingerprint density at radius 3 is 2.52 bits per heavy atom. The number of hydrogen-bond acceptors (Lipinski definition) is 4. The minimum atomic E-state index is -0.463. The fourth-order valence-corrected chi connectivity index (χ4v) is 6.16. The largest absolute Gasteiger partial charge is 0.394 e. The SMILES string of the molecule is CCCCCC(C(=O)N[C@@H](CO)c1ccccc1)C1=CCCC(Cn2c(N(C=O)CC)c(C(=O)NC)c3ccccc32)C=C1. The predicted molar refractivity (Wildman–Crippen MR) is 176 cm³/mol. The zero-order valence-electron chi connectivity index (χ0n) is 26.2. The normalized spacial score (nSPS) is 16.1. The zero-order chi connectivity index (χ0) is 31.5. The second kappa shape index (κ2) is 16.1. The van der Waals surface area contributed by atoms with Crippen LogP contribution in [0.2, 0.25) is 0 Å². The quantitative estimate of drug-likeness (QED) is 0.149. The number of para-hydroxylation sites is 1. The van der Waals surface area contributed by atoms with Crippen LogP contribution in [0.25, 0.3) is 10.9 Å². The molecule has 8 nitrogen and oxygen atoms in total. The van der Waals surface area contributed by atoms with Gasteiger partial charge in [-0.3, -0.25) is 14.4 Å². The van der Waals surface area contributed by atoms with Crippen molar-refractivity contribution in [2.24, 2.45) is 11.8 Å². The van der Waals surface area contributed by atoms with Gasteiger partial charge in [-0.15, -0.1) is 0 Å². The van der Waals surface area contributed by atoms with Crippen LogP contribution in [0.3, 0.4) is 0 Å². The third kappa shape index (κ3) is 7.48. The number of benzene rings is 2. The number of unbranched alkanes of at least 4 members (excludes halogenated alkanes) is 2. The van der Waals surface area contributed by atoms with Crippen LogP contribution in [-0.4, -0.2) is 48.1 Å². The first-order valence-electron chi connectivity index (χ1n) is 15.9. The summed E-state index contributed by atoms with van der Waals surface area (Å²) in [5, 5.41) is 16.7. The maximum atomic E-state index is 13.7. The van der Waals surface area contributed by atoms with Gasteiger partial charge >= 0.3 is 0 Å². The first-order chi connectivity index (χ1) is 21.5. The number of carbonyl (C=O) groups is 3. The topological polar surface area (TPSA) is 104 Å². The minimum Gasteiger partial charge on any atom is -0.394 e. The van der Waals surface area contributed by atoms with Crippen LogP contribution in [0, 0.1) is 11.8 Å². The Bertz CT molecular complexity index is 1480. The highest BCUT2D eigenvalue weighted by Crippen LogP contribution is 2.35. The van der Waals surface area contributed by atoms with Crippen molar-refractivity contribution in [3.05, 3.63) is 89.5 Å². The Balaban J connectivity index is 1.62. The number of aromatic nitrogens is 1. The summed E-state index contributed by atoms with van der Waals surface area (Å²) < 4.78 is 2.09. The molecule has 1 aromatic heterocycles. The Kier molecular flexibility index (Phi) is 11.9. The van der Waals surface area contributed by atoms with E-state index in [0.717, 1.165) is 67.0 Å². The van der Waals surface area contributed by atoms with E-state index < -0.39 is 6.04 Å². The van der Waals surface area contributed by atoms with Crippen LogP contribution in [0.5, 0.6) is 0 Å². The molecule has 0 aliphatic heterocycles. The van der Waals surface area contributed by atoms with E-state index in [1.54, 1.807) is 11.9 Å². The Hall–Kier alpha value is -4.17. The molecule has 1 heterocycles. The number of aliphatic hydroxyl groups excluding tert-OH is 1. The fraction of sp³-hybridized carbons (Fsp3) is 0.417. The van der Waals surface area contributed by atoms with Gasteiger partial charge in [-0.2, -0.15) is 0 Å². The summed E-state index contributed by atoms with van der Waals surface area (Å²) in [5.74, 6) is 0.101. The highest BCUT2D eigenvalue weighted by atomic mass is 16.3. The van der Waals surface area contributed by atoms with Gasteiger partial charge in [-0.25, -0.2) is 0 Å². The van der Waals surface area contributed by atoms with Crippen molar-refractivity contribution in [1.82, 2.24) is 15.2 Å². The van der Waals surface area contributed by atoms with Gasteiger partial charge in [0.25, 0.3) is 5.91 Å². The van der Waals surface area contributed by atoms with Gasteiger partial charge in [-0.05, 0) is 49.3 Å². The van der Waals surface area contributed by atoms with Crippen molar-refractivity contribution in [3.63, 3.8) is 0 Å². The number of fused-ring (bicyclic) bond motifs is 1. The number of carbonyl (C=O) groups excluding carboxylic acids is 3. The predicted octanol–water partition coefficient (Wildman–Crippen LogP) is 5.92. The third-order valence-corrected chi connectivity index (χ3v) is 8.55. The van der Waals surface area contributed by atoms with Crippen LogP contribution in [0.1, 0.15) is 74.3 Å². The molecule has 0 radical (unpaired) electrons. The zero-order valence-corrected chi connectivity index (χ0v) is 26.2. The number of nitrogens with one attached hydrogen (secondary N) is 2. The van der Waals surface area contributed by atoms with E-state index >= 15 is 0 Å². The van der Waals surface area contributed by atoms with Crippen LogP contribution in [0.15, 0.2) is 78.4 Å². The van der Waals surface area contributed by atoms with Crippen LogP contribution < -0.4 is 15.5 Å². The number of allylic oxidation sites excluding steroid dienone is 3. The maximum absolute atomic E-state index is 13.7. The van der Waals surface area contributed by atoms with E-state index in [9.17, 15) is 19.5 Å². The Morgan fingerprint density at radius 2 is 1.84 bits per heavy atom. The fourth-order valence-electron chi connectivity index (χ4n) is 6.16. The van der Waals surface area contributed by atoms with Crippen molar-refractivity contribution >= 4 is 34.9 Å². The molecule has 0 bridgehead atoms. The van der Waals surface area contributed by atoms with Crippen molar-refractivity contribution in [2.75, 3.05) is 25.1 Å².